The molecule has 1 aromatic carbocycles. The van der Waals surface area contributed by atoms with E-state index in [1.165, 1.54) is 11.1 Å². The average molecular weight is 235 g/mol. The van der Waals surface area contributed by atoms with Crippen LogP contribution < -0.4 is 11.1 Å². The van der Waals surface area contributed by atoms with Gasteiger partial charge in [0.15, 0.2) is 5.96 Å². The molecular weight excluding hydrogens is 214 g/mol. The van der Waals surface area contributed by atoms with Crippen molar-refractivity contribution in [1.29, 1.82) is 0 Å². The Morgan fingerprint density at radius 2 is 1.94 bits per heavy atom. The van der Waals surface area contributed by atoms with Gasteiger partial charge in [-0.05, 0) is 43.5 Å². The first-order valence-corrected chi connectivity index (χ1v) is 5.84. The Morgan fingerprint density at radius 1 is 1.35 bits per heavy atom. The lowest BCUT2D eigenvalue weighted by atomic mass is 10.1. The molecule has 4 heteroatoms. The normalized spacial score (nSPS) is 13.5. The summed E-state index contributed by atoms with van der Waals surface area (Å²) >= 11 is 0. The van der Waals surface area contributed by atoms with Crippen molar-refractivity contribution in [1.82, 2.24) is 0 Å². The molecule has 1 atom stereocenters. The van der Waals surface area contributed by atoms with Gasteiger partial charge in [0.2, 0.25) is 0 Å². The van der Waals surface area contributed by atoms with Crippen LogP contribution in [0.3, 0.4) is 0 Å². The summed E-state index contributed by atoms with van der Waals surface area (Å²) in [5.74, 6) is 0.343. The van der Waals surface area contributed by atoms with Gasteiger partial charge in [-0.2, -0.15) is 0 Å². The molecule has 94 valence electrons. The second-order valence-electron chi connectivity index (χ2n) is 4.26. The van der Waals surface area contributed by atoms with Gasteiger partial charge in [0, 0.05) is 5.69 Å². The van der Waals surface area contributed by atoms with E-state index in [4.69, 9.17) is 10.8 Å². The SMILES string of the molecule is CC[C@H](CO)N=C(N)Nc1cc(C)cc(C)c1. The van der Waals surface area contributed by atoms with Crippen molar-refractivity contribution >= 4 is 11.6 Å². The van der Waals surface area contributed by atoms with Crippen LogP contribution in [0.2, 0.25) is 0 Å². The minimum Gasteiger partial charge on any atom is -0.394 e. The predicted octanol–water partition coefficient (Wildman–Crippen LogP) is 1.80. The van der Waals surface area contributed by atoms with Crippen LogP contribution in [0, 0.1) is 13.8 Å². The monoisotopic (exact) mass is 235 g/mol. The Morgan fingerprint density at radius 3 is 2.41 bits per heavy atom. The molecular formula is C13H21N3O. The molecule has 1 rings (SSSR count). The zero-order valence-electron chi connectivity index (χ0n) is 10.7. The number of benzene rings is 1. The summed E-state index contributed by atoms with van der Waals surface area (Å²) in [6, 6.07) is 5.99. The number of aliphatic imine (C=N–C) groups is 1. The van der Waals surface area contributed by atoms with Gasteiger partial charge in [-0.3, -0.25) is 0 Å². The number of hydrogen-bond acceptors (Lipinski definition) is 2. The third-order valence-electron chi connectivity index (χ3n) is 2.50. The number of nitrogens with two attached hydrogens (primary N) is 1. The number of rotatable bonds is 4. The van der Waals surface area contributed by atoms with Crippen molar-refractivity contribution in [3.05, 3.63) is 29.3 Å². The Balaban J connectivity index is 2.76. The number of hydrogen-bond donors (Lipinski definition) is 3. The molecule has 4 N–H and O–H groups in total. The lowest BCUT2D eigenvalue weighted by Crippen LogP contribution is -2.26. The van der Waals surface area contributed by atoms with Crippen molar-refractivity contribution in [2.45, 2.75) is 33.2 Å². The van der Waals surface area contributed by atoms with E-state index in [1.54, 1.807) is 0 Å². The molecule has 0 saturated heterocycles. The summed E-state index contributed by atoms with van der Waals surface area (Å²) in [6.45, 7) is 6.06. The number of anilines is 1. The number of nitrogens with one attached hydrogen (secondary N) is 1. The zero-order chi connectivity index (χ0) is 12.8. The Bertz CT molecular complexity index is 377. The van der Waals surface area contributed by atoms with Crippen LogP contribution in [-0.2, 0) is 0 Å². The number of guanidine groups is 1. The third kappa shape index (κ3) is 4.44. The first-order valence-electron chi connectivity index (χ1n) is 5.84. The molecule has 0 saturated carbocycles. The second-order valence-corrected chi connectivity index (χ2v) is 4.26. The Hall–Kier alpha value is -1.55. The molecule has 0 heterocycles. The average Bonchev–Trinajstić information content (AvgIpc) is 2.24. The van der Waals surface area contributed by atoms with Crippen LogP contribution in [0.4, 0.5) is 5.69 Å². The van der Waals surface area contributed by atoms with E-state index in [9.17, 15) is 0 Å². The van der Waals surface area contributed by atoms with E-state index in [2.05, 4.69) is 16.4 Å². The molecule has 17 heavy (non-hydrogen) atoms. The molecule has 0 bridgehead atoms. The van der Waals surface area contributed by atoms with E-state index in [1.807, 2.05) is 32.9 Å². The molecule has 0 aliphatic heterocycles. The van der Waals surface area contributed by atoms with Crippen molar-refractivity contribution < 1.29 is 5.11 Å². The molecule has 0 amide bonds. The van der Waals surface area contributed by atoms with Crippen molar-refractivity contribution in [3.8, 4) is 0 Å². The number of nitrogens with zero attached hydrogens (tertiary/aromatic N) is 1. The number of aliphatic hydroxyl groups is 1. The molecule has 0 radical (unpaired) electrons. The van der Waals surface area contributed by atoms with E-state index >= 15 is 0 Å². The summed E-state index contributed by atoms with van der Waals surface area (Å²) < 4.78 is 0. The first-order chi connectivity index (χ1) is 8.05. The molecule has 0 spiro atoms. The van der Waals surface area contributed by atoms with Gasteiger partial charge in [-0.25, -0.2) is 4.99 Å². The van der Waals surface area contributed by atoms with E-state index in [-0.39, 0.29) is 12.6 Å². The lowest BCUT2D eigenvalue weighted by Gasteiger charge is -2.11. The topological polar surface area (TPSA) is 70.6 Å². The molecule has 0 aliphatic carbocycles. The summed E-state index contributed by atoms with van der Waals surface area (Å²) in [5.41, 5.74) is 9.06. The van der Waals surface area contributed by atoms with Crippen LogP contribution in [0.5, 0.6) is 0 Å². The predicted molar refractivity (Wildman–Crippen MR) is 72.3 cm³/mol. The van der Waals surface area contributed by atoms with Gasteiger partial charge in [0.25, 0.3) is 0 Å². The molecule has 0 aliphatic rings. The smallest absolute Gasteiger partial charge is 0.193 e. The minimum atomic E-state index is -0.131. The molecule has 0 fully saturated rings. The van der Waals surface area contributed by atoms with Crippen molar-refractivity contribution in [2.24, 2.45) is 10.7 Å². The molecule has 0 unspecified atom stereocenters. The third-order valence-corrected chi connectivity index (χ3v) is 2.50. The highest BCUT2D eigenvalue weighted by Crippen LogP contribution is 2.13. The second kappa shape index (κ2) is 6.25. The van der Waals surface area contributed by atoms with E-state index in [0.29, 0.717) is 5.96 Å². The van der Waals surface area contributed by atoms with Gasteiger partial charge in [0.05, 0.1) is 12.6 Å². The van der Waals surface area contributed by atoms with E-state index < -0.39 is 0 Å². The summed E-state index contributed by atoms with van der Waals surface area (Å²) in [4.78, 5) is 4.20. The quantitative estimate of drug-likeness (QED) is 0.550. The standard InChI is InChI=1S/C13H21N3O/c1-4-11(8-17)15-13(14)16-12-6-9(2)5-10(3)7-12/h5-7,11,17H,4,8H2,1-3H3,(H3,14,15,16)/t11-/m1/s1. The minimum absolute atomic E-state index is 0.0196. The van der Waals surface area contributed by atoms with Crippen molar-refractivity contribution in [3.63, 3.8) is 0 Å². The van der Waals surface area contributed by atoms with Gasteiger partial charge in [-0.1, -0.05) is 13.0 Å². The maximum atomic E-state index is 9.04. The van der Waals surface area contributed by atoms with Crippen LogP contribution in [0.15, 0.2) is 23.2 Å². The van der Waals surface area contributed by atoms with Crippen LogP contribution in [-0.4, -0.2) is 23.7 Å². The van der Waals surface area contributed by atoms with Gasteiger partial charge in [-0.15, -0.1) is 0 Å². The molecule has 0 aromatic heterocycles. The van der Waals surface area contributed by atoms with Gasteiger partial charge < -0.3 is 16.2 Å². The Labute approximate surface area is 103 Å². The van der Waals surface area contributed by atoms with Crippen molar-refractivity contribution in [2.75, 3.05) is 11.9 Å². The van der Waals surface area contributed by atoms with E-state index in [0.717, 1.165) is 12.1 Å². The van der Waals surface area contributed by atoms with Crippen LogP contribution >= 0.6 is 0 Å². The fourth-order valence-electron chi connectivity index (χ4n) is 1.68. The van der Waals surface area contributed by atoms with Crippen LogP contribution in [0.25, 0.3) is 0 Å². The van der Waals surface area contributed by atoms with Crippen LogP contribution in [0.1, 0.15) is 24.5 Å². The summed E-state index contributed by atoms with van der Waals surface area (Å²) in [7, 11) is 0. The maximum absolute atomic E-state index is 9.04. The summed E-state index contributed by atoms with van der Waals surface area (Å²) in [6.07, 6.45) is 0.770. The fraction of sp³-hybridized carbons (Fsp3) is 0.462. The van der Waals surface area contributed by atoms with Gasteiger partial charge in [0.1, 0.15) is 0 Å². The summed E-state index contributed by atoms with van der Waals surface area (Å²) in [5, 5.41) is 12.1. The Kier molecular flexibility index (Phi) is 4.97. The lowest BCUT2D eigenvalue weighted by molar-refractivity contribution is 0.264. The highest BCUT2D eigenvalue weighted by atomic mass is 16.3. The first kappa shape index (κ1) is 13.5. The number of aliphatic hydroxyl groups excluding tert-OH is 1. The highest BCUT2D eigenvalue weighted by Gasteiger charge is 2.03. The molecule has 1 aromatic rings. The fourth-order valence-corrected chi connectivity index (χ4v) is 1.68. The largest absolute Gasteiger partial charge is 0.394 e. The number of aryl methyl sites for hydroxylation is 2. The molecule has 4 nitrogen and oxygen atoms in total. The van der Waals surface area contributed by atoms with Gasteiger partial charge >= 0.3 is 0 Å². The maximum Gasteiger partial charge on any atom is 0.193 e. The zero-order valence-corrected chi connectivity index (χ0v) is 10.7. The highest BCUT2D eigenvalue weighted by molar-refractivity contribution is 5.92.